The molecule has 112 valence electrons. The van der Waals surface area contributed by atoms with Crippen molar-refractivity contribution in [2.45, 2.75) is 0 Å². The highest BCUT2D eigenvalue weighted by Crippen LogP contribution is 2.10. The van der Waals surface area contributed by atoms with E-state index >= 15 is 0 Å². The Labute approximate surface area is 125 Å². The highest BCUT2D eigenvalue weighted by molar-refractivity contribution is 6.30. The number of hydrogen-bond acceptors (Lipinski definition) is 6. The molecule has 1 rings (SSSR count). The lowest BCUT2D eigenvalue weighted by molar-refractivity contribution is -0.142. The quantitative estimate of drug-likeness (QED) is 0.219. The molecular formula is C13H13ClN2O5. The van der Waals surface area contributed by atoms with Gasteiger partial charge in [0.1, 0.15) is 0 Å². The number of esters is 2. The van der Waals surface area contributed by atoms with E-state index in [4.69, 9.17) is 22.2 Å². The number of methoxy groups -OCH3 is 2. The van der Waals surface area contributed by atoms with Crippen molar-refractivity contribution >= 4 is 29.4 Å². The van der Waals surface area contributed by atoms with Gasteiger partial charge in [0, 0.05) is 10.6 Å². The summed E-state index contributed by atoms with van der Waals surface area (Å²) in [5.41, 5.74) is 6.21. The summed E-state index contributed by atoms with van der Waals surface area (Å²) in [5.74, 6) is -2.16. The van der Waals surface area contributed by atoms with E-state index in [1.165, 1.54) is 0 Å². The van der Waals surface area contributed by atoms with E-state index in [1.54, 1.807) is 24.3 Å². The Hall–Kier alpha value is -2.54. The maximum atomic E-state index is 11.4. The van der Waals surface area contributed by atoms with E-state index in [-0.39, 0.29) is 5.84 Å². The second kappa shape index (κ2) is 7.91. The van der Waals surface area contributed by atoms with Crippen molar-refractivity contribution in [3.8, 4) is 0 Å². The molecule has 0 aliphatic carbocycles. The van der Waals surface area contributed by atoms with Crippen LogP contribution in [-0.2, 0) is 23.9 Å². The third-order valence-electron chi connectivity index (χ3n) is 2.22. The summed E-state index contributed by atoms with van der Waals surface area (Å²) in [7, 11) is 2.28. The average molecular weight is 313 g/mol. The molecule has 0 unspecified atom stereocenters. The van der Waals surface area contributed by atoms with Crippen LogP contribution in [0.1, 0.15) is 5.56 Å². The fraction of sp³-hybridized carbons (Fsp3) is 0.154. The van der Waals surface area contributed by atoms with Crippen molar-refractivity contribution in [1.29, 1.82) is 0 Å². The molecule has 0 aliphatic heterocycles. The topological polar surface area (TPSA) is 100 Å². The molecule has 1 aromatic rings. The molecule has 0 saturated carbocycles. The molecular weight excluding hydrogens is 300 g/mol. The van der Waals surface area contributed by atoms with Crippen LogP contribution in [-0.4, -0.2) is 32.0 Å². The van der Waals surface area contributed by atoms with E-state index < -0.39 is 17.7 Å². The maximum Gasteiger partial charge on any atom is 0.377 e. The second-order valence-corrected chi connectivity index (χ2v) is 4.03. The number of benzene rings is 1. The van der Waals surface area contributed by atoms with Gasteiger partial charge in [-0.25, -0.2) is 9.59 Å². The Kier molecular flexibility index (Phi) is 6.22. The average Bonchev–Trinajstić information content (AvgIpc) is 2.50. The Morgan fingerprint density at radius 2 is 1.81 bits per heavy atom. The molecule has 0 bridgehead atoms. The minimum absolute atomic E-state index is 0.00802. The van der Waals surface area contributed by atoms with Gasteiger partial charge in [-0.05, 0) is 24.3 Å². The van der Waals surface area contributed by atoms with Gasteiger partial charge in [-0.1, -0.05) is 16.8 Å². The zero-order valence-electron chi connectivity index (χ0n) is 11.3. The first-order chi connectivity index (χ1) is 9.97. The first kappa shape index (κ1) is 16.5. The largest absolute Gasteiger partial charge is 0.466 e. The van der Waals surface area contributed by atoms with E-state index in [2.05, 4.69) is 14.6 Å². The fourth-order valence-corrected chi connectivity index (χ4v) is 1.29. The van der Waals surface area contributed by atoms with Crippen molar-refractivity contribution in [1.82, 2.24) is 0 Å². The predicted octanol–water partition coefficient (Wildman–Crippen LogP) is 1.21. The predicted molar refractivity (Wildman–Crippen MR) is 75.4 cm³/mol. The highest BCUT2D eigenvalue weighted by atomic mass is 35.5. The number of oxime groups is 1. The number of carbonyl (C=O) groups excluding carboxylic acids is 2. The van der Waals surface area contributed by atoms with Crippen LogP contribution >= 0.6 is 11.6 Å². The number of halogens is 1. The van der Waals surface area contributed by atoms with Gasteiger partial charge in [0.05, 0.1) is 20.3 Å². The number of nitrogens with zero attached hydrogens (tertiary/aromatic N) is 1. The summed E-state index contributed by atoms with van der Waals surface area (Å²) in [4.78, 5) is 27.3. The van der Waals surface area contributed by atoms with Gasteiger partial charge in [-0.2, -0.15) is 0 Å². The van der Waals surface area contributed by atoms with Gasteiger partial charge in [-0.15, -0.1) is 0 Å². The van der Waals surface area contributed by atoms with Crippen molar-refractivity contribution in [2.75, 3.05) is 14.2 Å². The van der Waals surface area contributed by atoms with Crippen LogP contribution in [0.4, 0.5) is 0 Å². The van der Waals surface area contributed by atoms with E-state index in [0.29, 0.717) is 10.6 Å². The minimum Gasteiger partial charge on any atom is -0.466 e. The number of rotatable bonds is 5. The summed E-state index contributed by atoms with van der Waals surface area (Å²) < 4.78 is 8.83. The number of carbonyl (C=O) groups is 2. The van der Waals surface area contributed by atoms with Crippen LogP contribution in [0.25, 0.3) is 0 Å². The molecule has 1 aromatic carbocycles. The van der Waals surface area contributed by atoms with Gasteiger partial charge in [0.2, 0.25) is 5.76 Å². The van der Waals surface area contributed by atoms with Crippen LogP contribution in [0.15, 0.2) is 41.3 Å². The van der Waals surface area contributed by atoms with Crippen molar-refractivity contribution < 1.29 is 23.9 Å². The lowest BCUT2D eigenvalue weighted by atomic mass is 10.2. The summed E-state index contributed by atoms with van der Waals surface area (Å²) in [5, 5.41) is 4.09. The number of hydrogen-bond donors (Lipinski definition) is 1. The normalized spacial score (nSPS) is 11.8. The molecule has 0 amide bonds. The van der Waals surface area contributed by atoms with Crippen LogP contribution < -0.4 is 5.73 Å². The third-order valence-corrected chi connectivity index (χ3v) is 2.47. The van der Waals surface area contributed by atoms with E-state index in [0.717, 1.165) is 20.3 Å². The van der Waals surface area contributed by atoms with Gasteiger partial charge in [-0.3, -0.25) is 0 Å². The Bertz CT molecular complexity index is 581. The fourth-order valence-electron chi connectivity index (χ4n) is 1.16. The molecule has 0 radical (unpaired) electrons. The maximum absolute atomic E-state index is 11.4. The third kappa shape index (κ3) is 5.15. The van der Waals surface area contributed by atoms with E-state index in [1.807, 2.05) is 0 Å². The summed E-state index contributed by atoms with van der Waals surface area (Å²) >= 11 is 5.74. The SMILES string of the molecule is COC(=O)C=C(ON=C(N)c1ccc(Cl)cc1)C(=O)OC. The van der Waals surface area contributed by atoms with Crippen LogP contribution in [0.2, 0.25) is 5.02 Å². The first-order valence-corrected chi connectivity index (χ1v) is 6.00. The summed E-state index contributed by atoms with van der Waals surface area (Å²) in [6.45, 7) is 0. The molecule has 8 heteroatoms. The van der Waals surface area contributed by atoms with Gasteiger partial charge >= 0.3 is 11.9 Å². The Balaban J connectivity index is 2.91. The van der Waals surface area contributed by atoms with Crippen LogP contribution in [0.3, 0.4) is 0 Å². The number of ether oxygens (including phenoxy) is 2. The summed E-state index contributed by atoms with van der Waals surface area (Å²) in [6.07, 6.45) is 0.796. The molecule has 0 spiro atoms. The molecule has 0 saturated heterocycles. The van der Waals surface area contributed by atoms with Crippen molar-refractivity contribution in [3.63, 3.8) is 0 Å². The molecule has 0 fully saturated rings. The zero-order chi connectivity index (χ0) is 15.8. The van der Waals surface area contributed by atoms with Crippen LogP contribution in [0, 0.1) is 0 Å². The highest BCUT2D eigenvalue weighted by Gasteiger charge is 2.15. The Morgan fingerprint density at radius 1 is 1.19 bits per heavy atom. The lowest BCUT2D eigenvalue weighted by Gasteiger charge is -2.04. The first-order valence-electron chi connectivity index (χ1n) is 5.62. The van der Waals surface area contributed by atoms with Gasteiger partial charge < -0.3 is 20.0 Å². The second-order valence-electron chi connectivity index (χ2n) is 3.60. The lowest BCUT2D eigenvalue weighted by Crippen LogP contribution is -2.16. The number of amidine groups is 1. The van der Waals surface area contributed by atoms with Gasteiger partial charge in [0.15, 0.2) is 5.84 Å². The van der Waals surface area contributed by atoms with Gasteiger partial charge in [0.25, 0.3) is 0 Å². The Morgan fingerprint density at radius 3 is 2.33 bits per heavy atom. The minimum atomic E-state index is -0.895. The van der Waals surface area contributed by atoms with Crippen LogP contribution in [0.5, 0.6) is 0 Å². The molecule has 0 heterocycles. The molecule has 0 atom stereocenters. The monoisotopic (exact) mass is 312 g/mol. The zero-order valence-corrected chi connectivity index (χ0v) is 12.1. The molecule has 2 N–H and O–H groups in total. The van der Waals surface area contributed by atoms with Crippen molar-refractivity contribution in [2.24, 2.45) is 10.9 Å². The number of nitrogens with two attached hydrogens (primary N) is 1. The molecule has 0 aliphatic rings. The van der Waals surface area contributed by atoms with E-state index in [9.17, 15) is 9.59 Å². The standard InChI is InChI=1S/C13H13ClN2O5/c1-19-11(17)7-10(13(18)20-2)21-16-12(15)8-3-5-9(14)6-4-8/h3-7H,1-2H3,(H2,15,16). The summed E-state index contributed by atoms with van der Waals surface area (Å²) in [6, 6.07) is 6.47. The molecule has 7 nitrogen and oxygen atoms in total. The smallest absolute Gasteiger partial charge is 0.377 e. The molecule has 0 aromatic heterocycles. The van der Waals surface area contributed by atoms with Crippen molar-refractivity contribution in [3.05, 3.63) is 46.7 Å². The molecule has 21 heavy (non-hydrogen) atoms.